The Hall–Kier alpha value is -1.32. The Morgan fingerprint density at radius 3 is 2.27 bits per heavy atom. The van der Waals surface area contributed by atoms with Gasteiger partial charge >= 0.3 is 5.97 Å². The first-order valence-electron chi connectivity index (χ1n) is 7.79. The Bertz CT molecular complexity index is 432. The predicted octanol–water partition coefficient (Wildman–Crippen LogP) is 4.39. The molecule has 1 aromatic rings. The van der Waals surface area contributed by atoms with Gasteiger partial charge < -0.3 is 4.74 Å². The van der Waals surface area contributed by atoms with Crippen LogP contribution in [0.2, 0.25) is 0 Å². The zero-order valence-electron chi connectivity index (χ0n) is 13.8. The van der Waals surface area contributed by atoms with Crippen molar-refractivity contribution in [1.82, 2.24) is 4.90 Å². The highest BCUT2D eigenvalue weighted by molar-refractivity contribution is 5.85. The lowest BCUT2D eigenvalue weighted by molar-refractivity contribution is -0.147. The Balaban J connectivity index is 0.00000441. The molecule has 3 nitrogen and oxygen atoms in total. The molecule has 4 heteroatoms. The number of hydrogen-bond acceptors (Lipinski definition) is 3. The molecule has 124 valence electrons. The third-order valence-corrected chi connectivity index (χ3v) is 3.71. The second-order valence-corrected chi connectivity index (χ2v) is 5.04. The highest BCUT2D eigenvalue weighted by atomic mass is 35.5. The smallest absolute Gasteiger partial charge is 0.330 e. The summed E-state index contributed by atoms with van der Waals surface area (Å²) in [4.78, 5) is 14.0. The summed E-state index contributed by atoms with van der Waals surface area (Å²) in [6.07, 6.45) is 2.91. The lowest BCUT2D eigenvalue weighted by atomic mass is 9.96. The fourth-order valence-corrected chi connectivity index (χ4v) is 2.69. The van der Waals surface area contributed by atoms with Gasteiger partial charge in [-0.3, -0.25) is 4.90 Å². The molecule has 0 aliphatic carbocycles. The quantitative estimate of drug-likeness (QED) is 0.498. The van der Waals surface area contributed by atoms with Crippen LogP contribution in [0.3, 0.4) is 0 Å². The number of carbonyl (C=O) groups is 1. The summed E-state index contributed by atoms with van der Waals surface area (Å²) in [5, 5.41) is 0. The Morgan fingerprint density at radius 2 is 1.82 bits per heavy atom. The van der Waals surface area contributed by atoms with Crippen molar-refractivity contribution in [2.75, 3.05) is 13.1 Å². The lowest BCUT2D eigenvalue weighted by Crippen LogP contribution is -2.38. The first kappa shape index (κ1) is 20.7. The zero-order chi connectivity index (χ0) is 15.7. The van der Waals surface area contributed by atoms with E-state index < -0.39 is 0 Å². The van der Waals surface area contributed by atoms with E-state index in [0.29, 0.717) is 0 Å². The number of halogens is 1. The van der Waals surface area contributed by atoms with Gasteiger partial charge in [0.2, 0.25) is 0 Å². The van der Waals surface area contributed by atoms with Crippen molar-refractivity contribution in [3.8, 4) is 0 Å². The van der Waals surface area contributed by atoms with Gasteiger partial charge in [-0.05, 0) is 25.1 Å². The van der Waals surface area contributed by atoms with Crippen LogP contribution in [-0.4, -0.2) is 30.1 Å². The highest BCUT2D eigenvalue weighted by Gasteiger charge is 2.29. The van der Waals surface area contributed by atoms with Crippen LogP contribution in [0.15, 0.2) is 43.0 Å². The molecule has 22 heavy (non-hydrogen) atoms. The van der Waals surface area contributed by atoms with Gasteiger partial charge in [0.1, 0.15) is 6.10 Å². The molecule has 0 N–H and O–H groups in total. The van der Waals surface area contributed by atoms with Crippen LogP contribution in [0.5, 0.6) is 0 Å². The van der Waals surface area contributed by atoms with Crippen LogP contribution in [0, 0.1) is 0 Å². The van der Waals surface area contributed by atoms with E-state index in [4.69, 9.17) is 4.74 Å². The summed E-state index contributed by atoms with van der Waals surface area (Å²) >= 11 is 0. The largest absolute Gasteiger partial charge is 0.457 e. The van der Waals surface area contributed by atoms with Crippen molar-refractivity contribution >= 4 is 18.4 Å². The number of rotatable bonds is 9. The molecule has 0 saturated carbocycles. The number of likely N-dealkylation sites (N-methyl/N-ethyl adjacent to an activating group) is 1. The van der Waals surface area contributed by atoms with Gasteiger partial charge in [-0.1, -0.05) is 64.1 Å². The maximum absolute atomic E-state index is 11.7. The molecule has 0 bridgehead atoms. The lowest BCUT2D eigenvalue weighted by Gasteiger charge is -2.35. The minimum atomic E-state index is -0.346. The second-order valence-electron chi connectivity index (χ2n) is 5.04. The molecule has 0 aliphatic heterocycles. The highest BCUT2D eigenvalue weighted by Crippen LogP contribution is 2.29. The predicted molar refractivity (Wildman–Crippen MR) is 94.3 cm³/mol. The van der Waals surface area contributed by atoms with Gasteiger partial charge in [0.25, 0.3) is 0 Å². The maximum atomic E-state index is 11.7. The molecule has 0 aliphatic rings. The normalized spacial score (nSPS) is 13.1. The first-order chi connectivity index (χ1) is 10.2. The van der Waals surface area contributed by atoms with Crippen molar-refractivity contribution in [2.45, 2.75) is 45.8 Å². The summed E-state index contributed by atoms with van der Waals surface area (Å²) in [7, 11) is 0. The molecule has 0 fully saturated rings. The van der Waals surface area contributed by atoms with Gasteiger partial charge in [-0.15, -0.1) is 12.4 Å². The molecule has 0 radical (unpaired) electrons. The fraction of sp³-hybridized carbons (Fsp3) is 0.500. The van der Waals surface area contributed by atoms with Crippen LogP contribution >= 0.6 is 12.4 Å². The Morgan fingerprint density at radius 1 is 1.23 bits per heavy atom. The van der Waals surface area contributed by atoms with Crippen molar-refractivity contribution in [1.29, 1.82) is 0 Å². The fourth-order valence-electron chi connectivity index (χ4n) is 2.69. The van der Waals surface area contributed by atoms with Gasteiger partial charge in [0.05, 0.1) is 6.04 Å². The Kier molecular flexibility index (Phi) is 10.6. The van der Waals surface area contributed by atoms with E-state index in [-0.39, 0.29) is 30.5 Å². The summed E-state index contributed by atoms with van der Waals surface area (Å²) < 4.78 is 5.64. The number of ether oxygens (including phenoxy) is 1. The van der Waals surface area contributed by atoms with Gasteiger partial charge in [-0.25, -0.2) is 4.79 Å². The van der Waals surface area contributed by atoms with Gasteiger partial charge in [0, 0.05) is 6.08 Å². The van der Waals surface area contributed by atoms with Gasteiger partial charge in [-0.2, -0.15) is 0 Å². The van der Waals surface area contributed by atoms with Crippen LogP contribution in [0.25, 0.3) is 0 Å². The standard InChI is InChI=1S/C18H27NO2.ClH/c1-5-12-16(21-17(20)6-2)18(19(7-3)8-4)15-13-10-9-11-14-15;/h6,9-11,13-14,16,18H,2,5,7-8,12H2,1,3-4H3;1H. The van der Waals surface area contributed by atoms with E-state index in [1.165, 1.54) is 11.6 Å². The summed E-state index contributed by atoms with van der Waals surface area (Å²) in [6, 6.07) is 10.4. The van der Waals surface area contributed by atoms with Crippen LogP contribution in [0.4, 0.5) is 0 Å². The van der Waals surface area contributed by atoms with E-state index in [1.54, 1.807) is 0 Å². The van der Waals surface area contributed by atoms with E-state index in [1.807, 2.05) is 18.2 Å². The number of carbonyl (C=O) groups excluding carboxylic acids is 1. The first-order valence-corrected chi connectivity index (χ1v) is 7.79. The average Bonchev–Trinajstić information content (AvgIpc) is 2.52. The van der Waals surface area contributed by atoms with Crippen molar-refractivity contribution in [2.24, 2.45) is 0 Å². The molecule has 0 heterocycles. The van der Waals surface area contributed by atoms with E-state index >= 15 is 0 Å². The number of esters is 1. The molecule has 1 aromatic carbocycles. The third-order valence-electron chi connectivity index (χ3n) is 3.71. The van der Waals surface area contributed by atoms with Crippen LogP contribution in [-0.2, 0) is 9.53 Å². The van der Waals surface area contributed by atoms with Crippen LogP contribution < -0.4 is 0 Å². The van der Waals surface area contributed by atoms with Crippen molar-refractivity contribution < 1.29 is 9.53 Å². The number of nitrogens with zero attached hydrogens (tertiary/aromatic N) is 1. The summed E-state index contributed by atoms with van der Waals surface area (Å²) in [6.45, 7) is 11.7. The second kappa shape index (κ2) is 11.3. The molecule has 2 unspecified atom stereocenters. The summed E-state index contributed by atoms with van der Waals surface area (Å²) in [5.41, 5.74) is 1.19. The van der Waals surface area contributed by atoms with E-state index in [0.717, 1.165) is 25.9 Å². The minimum absolute atomic E-state index is 0. The van der Waals surface area contributed by atoms with Crippen molar-refractivity contribution in [3.05, 3.63) is 48.6 Å². The number of benzene rings is 1. The van der Waals surface area contributed by atoms with Crippen LogP contribution in [0.1, 0.15) is 45.2 Å². The molecule has 1 rings (SSSR count). The summed E-state index contributed by atoms with van der Waals surface area (Å²) in [5.74, 6) is -0.346. The third kappa shape index (κ3) is 5.82. The average molecular weight is 326 g/mol. The molecule has 0 amide bonds. The molecule has 0 spiro atoms. The Labute approximate surface area is 140 Å². The van der Waals surface area contributed by atoms with E-state index in [9.17, 15) is 4.79 Å². The molecular formula is C18H28ClNO2. The van der Waals surface area contributed by atoms with Gasteiger partial charge in [0.15, 0.2) is 0 Å². The molecule has 0 saturated heterocycles. The van der Waals surface area contributed by atoms with Crippen molar-refractivity contribution in [3.63, 3.8) is 0 Å². The molecular weight excluding hydrogens is 298 g/mol. The SMILES string of the molecule is C=CC(=O)OC(CCC)C(c1ccccc1)N(CC)CC.Cl. The minimum Gasteiger partial charge on any atom is -0.457 e. The molecule has 0 aromatic heterocycles. The topological polar surface area (TPSA) is 29.5 Å². The number of hydrogen-bond donors (Lipinski definition) is 0. The zero-order valence-corrected chi connectivity index (χ0v) is 14.6. The molecule has 2 atom stereocenters. The maximum Gasteiger partial charge on any atom is 0.330 e. The monoisotopic (exact) mass is 325 g/mol. The van der Waals surface area contributed by atoms with E-state index in [2.05, 4.69) is 44.4 Å².